The molecule has 0 unspecified atom stereocenters. The Hall–Kier alpha value is -1.79. The third kappa shape index (κ3) is 6.11. The summed E-state index contributed by atoms with van der Waals surface area (Å²) in [5.41, 5.74) is -5.27. The molecule has 1 fully saturated rings. The van der Waals surface area contributed by atoms with E-state index in [1.165, 1.54) is 6.20 Å². The fourth-order valence-electron chi connectivity index (χ4n) is 2.55. The highest BCUT2D eigenvalue weighted by molar-refractivity contribution is 7.90. The summed E-state index contributed by atoms with van der Waals surface area (Å²) in [6, 6.07) is 3.10. The van der Waals surface area contributed by atoms with E-state index in [1.807, 2.05) is 0 Å². The van der Waals surface area contributed by atoms with E-state index in [2.05, 4.69) is 20.6 Å². The molecular formula is C15H21ClF3N5O3S. The van der Waals surface area contributed by atoms with Gasteiger partial charge in [0, 0.05) is 38.4 Å². The van der Waals surface area contributed by atoms with Gasteiger partial charge in [0.1, 0.15) is 6.61 Å². The smallest absolute Gasteiger partial charge is 0.476 e. The Morgan fingerprint density at radius 2 is 2.07 bits per heavy atom. The second-order valence-corrected chi connectivity index (χ2v) is 8.30. The summed E-state index contributed by atoms with van der Waals surface area (Å²) >= 11 is 5.74. The summed E-state index contributed by atoms with van der Waals surface area (Å²) in [5.74, 6) is 0.872. The lowest BCUT2D eigenvalue weighted by Gasteiger charge is -2.32. The number of aliphatic imine (C=N–C) groups is 1. The number of ether oxygens (including phenoxy) is 1. The highest BCUT2D eigenvalue weighted by Gasteiger charge is 2.50. The van der Waals surface area contributed by atoms with Crippen molar-refractivity contribution < 1.29 is 26.3 Å². The average molecular weight is 444 g/mol. The van der Waals surface area contributed by atoms with Crippen molar-refractivity contribution in [2.75, 3.05) is 33.3 Å². The third-order valence-corrected chi connectivity index (χ3v) is 5.85. The van der Waals surface area contributed by atoms with Gasteiger partial charge in [-0.1, -0.05) is 11.6 Å². The van der Waals surface area contributed by atoms with Gasteiger partial charge < -0.3 is 15.4 Å². The molecule has 0 spiro atoms. The molecule has 2 heterocycles. The Bertz CT molecular complexity index is 766. The summed E-state index contributed by atoms with van der Waals surface area (Å²) in [4.78, 5) is 8.03. The van der Waals surface area contributed by atoms with Crippen molar-refractivity contribution in [3.05, 3.63) is 23.4 Å². The maximum Gasteiger partial charge on any atom is 0.511 e. The van der Waals surface area contributed by atoms with Crippen molar-refractivity contribution >= 4 is 27.6 Å². The molecule has 1 aliphatic rings. The van der Waals surface area contributed by atoms with E-state index in [4.69, 9.17) is 16.3 Å². The number of rotatable bonds is 6. The van der Waals surface area contributed by atoms with Crippen LogP contribution in [0.5, 0.6) is 5.88 Å². The highest BCUT2D eigenvalue weighted by Crippen LogP contribution is 2.28. The number of guanidine groups is 1. The molecule has 13 heteroatoms. The van der Waals surface area contributed by atoms with E-state index in [-0.39, 0.29) is 32.0 Å². The van der Waals surface area contributed by atoms with Gasteiger partial charge in [-0.2, -0.15) is 17.5 Å². The van der Waals surface area contributed by atoms with Crippen LogP contribution >= 0.6 is 11.6 Å². The van der Waals surface area contributed by atoms with Gasteiger partial charge in [0.25, 0.3) is 0 Å². The molecule has 28 heavy (non-hydrogen) atoms. The first-order valence-corrected chi connectivity index (χ1v) is 10.2. The lowest BCUT2D eigenvalue weighted by atomic mass is 10.1. The SMILES string of the molecule is CN=C(NCCOc1ccc(Cl)cn1)NC1CCN(S(=O)(=O)C(F)(F)F)CC1. The molecule has 1 aromatic heterocycles. The minimum absolute atomic E-state index is 0.190. The first-order chi connectivity index (χ1) is 13.1. The second kappa shape index (κ2) is 9.61. The van der Waals surface area contributed by atoms with Gasteiger partial charge in [-0.3, -0.25) is 4.99 Å². The maximum absolute atomic E-state index is 12.6. The van der Waals surface area contributed by atoms with E-state index < -0.39 is 15.5 Å². The number of nitrogens with one attached hydrogen (secondary N) is 2. The molecule has 8 nitrogen and oxygen atoms in total. The van der Waals surface area contributed by atoms with Crippen molar-refractivity contribution in [3.8, 4) is 5.88 Å². The minimum atomic E-state index is -5.27. The predicted molar refractivity (Wildman–Crippen MR) is 98.8 cm³/mol. The zero-order chi connectivity index (χ0) is 20.8. The predicted octanol–water partition coefficient (Wildman–Crippen LogP) is 1.59. The van der Waals surface area contributed by atoms with Crippen LogP contribution in [0.15, 0.2) is 23.3 Å². The molecule has 0 atom stereocenters. The van der Waals surface area contributed by atoms with Crippen LogP contribution in [0.2, 0.25) is 5.02 Å². The summed E-state index contributed by atoms with van der Waals surface area (Å²) in [6.45, 7) is 0.298. The fraction of sp³-hybridized carbons (Fsp3) is 0.600. The van der Waals surface area contributed by atoms with E-state index in [9.17, 15) is 21.6 Å². The van der Waals surface area contributed by atoms with Crippen LogP contribution in [-0.4, -0.2) is 68.5 Å². The van der Waals surface area contributed by atoms with Crippen LogP contribution < -0.4 is 15.4 Å². The molecule has 0 saturated carbocycles. The molecule has 2 rings (SSSR count). The fourth-order valence-corrected chi connectivity index (χ4v) is 3.64. The molecule has 158 valence electrons. The van der Waals surface area contributed by atoms with Crippen LogP contribution in [0, 0.1) is 0 Å². The van der Waals surface area contributed by atoms with Crippen LogP contribution in [-0.2, 0) is 10.0 Å². The second-order valence-electron chi connectivity index (χ2n) is 5.93. The summed E-state index contributed by atoms with van der Waals surface area (Å²) in [5, 5.41) is 6.59. The number of aromatic nitrogens is 1. The van der Waals surface area contributed by atoms with Crippen molar-refractivity contribution in [3.63, 3.8) is 0 Å². The van der Waals surface area contributed by atoms with E-state index >= 15 is 0 Å². The molecule has 0 radical (unpaired) electrons. The van der Waals surface area contributed by atoms with E-state index in [1.54, 1.807) is 19.2 Å². The summed E-state index contributed by atoms with van der Waals surface area (Å²) in [7, 11) is -3.72. The monoisotopic (exact) mass is 443 g/mol. The Kier molecular flexibility index (Phi) is 7.72. The number of sulfonamides is 1. The van der Waals surface area contributed by atoms with E-state index in [0.29, 0.717) is 34.3 Å². The molecule has 0 bridgehead atoms. The van der Waals surface area contributed by atoms with Crippen LogP contribution in [0.3, 0.4) is 0 Å². The Labute approximate surface area is 166 Å². The molecular weight excluding hydrogens is 423 g/mol. The molecule has 0 aromatic carbocycles. The number of nitrogens with zero attached hydrogens (tertiary/aromatic N) is 3. The van der Waals surface area contributed by atoms with Crippen molar-refractivity contribution in [2.24, 2.45) is 4.99 Å². The highest BCUT2D eigenvalue weighted by atomic mass is 35.5. The summed E-state index contributed by atoms with van der Waals surface area (Å²) in [6.07, 6.45) is 1.94. The van der Waals surface area contributed by atoms with Crippen molar-refractivity contribution in [2.45, 2.75) is 24.4 Å². The molecule has 1 saturated heterocycles. The van der Waals surface area contributed by atoms with E-state index in [0.717, 1.165) is 0 Å². The Balaban J connectivity index is 1.73. The maximum atomic E-state index is 12.6. The van der Waals surface area contributed by atoms with Crippen LogP contribution in [0.25, 0.3) is 0 Å². The van der Waals surface area contributed by atoms with Gasteiger partial charge >= 0.3 is 15.5 Å². The molecule has 1 aromatic rings. The van der Waals surface area contributed by atoms with Crippen molar-refractivity contribution in [1.29, 1.82) is 0 Å². The Morgan fingerprint density at radius 3 is 2.61 bits per heavy atom. The van der Waals surface area contributed by atoms with Gasteiger partial charge in [0.2, 0.25) is 5.88 Å². The van der Waals surface area contributed by atoms with Gasteiger partial charge in [-0.15, -0.1) is 0 Å². The largest absolute Gasteiger partial charge is 0.511 e. The first kappa shape index (κ1) is 22.5. The van der Waals surface area contributed by atoms with Crippen LogP contribution in [0.4, 0.5) is 13.2 Å². The van der Waals surface area contributed by atoms with Crippen LogP contribution in [0.1, 0.15) is 12.8 Å². The lowest BCUT2D eigenvalue weighted by molar-refractivity contribution is -0.0494. The lowest BCUT2D eigenvalue weighted by Crippen LogP contribution is -2.52. The zero-order valence-corrected chi connectivity index (χ0v) is 16.6. The number of pyridine rings is 1. The minimum Gasteiger partial charge on any atom is -0.476 e. The zero-order valence-electron chi connectivity index (χ0n) is 15.0. The topological polar surface area (TPSA) is 95.9 Å². The quantitative estimate of drug-likeness (QED) is 0.394. The van der Waals surface area contributed by atoms with Crippen molar-refractivity contribution in [1.82, 2.24) is 19.9 Å². The molecule has 1 aliphatic heterocycles. The third-order valence-electron chi connectivity index (χ3n) is 4.00. The van der Waals surface area contributed by atoms with Gasteiger partial charge in [0.15, 0.2) is 5.96 Å². The van der Waals surface area contributed by atoms with Gasteiger partial charge in [-0.25, -0.2) is 13.4 Å². The van der Waals surface area contributed by atoms with Gasteiger partial charge in [0.05, 0.1) is 11.6 Å². The number of hydrogen-bond donors (Lipinski definition) is 2. The molecule has 2 N–H and O–H groups in total. The number of alkyl halides is 3. The van der Waals surface area contributed by atoms with Gasteiger partial charge in [-0.05, 0) is 18.9 Å². The number of hydrogen-bond acceptors (Lipinski definition) is 5. The normalized spacial score (nSPS) is 17.4. The Morgan fingerprint density at radius 1 is 1.39 bits per heavy atom. The summed E-state index contributed by atoms with van der Waals surface area (Å²) < 4.78 is 66.5. The number of piperidine rings is 1. The molecule has 0 aliphatic carbocycles. The molecule has 0 amide bonds. The standard InChI is InChI=1S/C15H21ClF3N5O3S/c1-20-14(21-6-9-27-13-3-2-11(16)10-22-13)23-12-4-7-24(8-5-12)28(25,26)15(17,18)19/h2-3,10,12H,4-9H2,1H3,(H2,20,21,23). The average Bonchev–Trinajstić information content (AvgIpc) is 2.65. The number of halogens is 4. The first-order valence-electron chi connectivity index (χ1n) is 8.41.